The number of carbonyl (C=O) groups is 1. The van der Waals surface area contributed by atoms with Crippen molar-refractivity contribution >= 4 is 10.7 Å². The van der Waals surface area contributed by atoms with Gasteiger partial charge in [-0.1, -0.05) is 0 Å². The fourth-order valence-corrected chi connectivity index (χ4v) is 0.869. The standard InChI is InChI=1S/C8H7NO4.V/c1-4-7(9(11)12)5-6(2)8(10)13-3;/h1-2,4-5H,3H3;/b6-5+,7-4?;. The molecule has 0 aliphatic rings. The van der Waals surface area contributed by atoms with Crippen molar-refractivity contribution in [2.45, 2.75) is 0 Å². The van der Waals surface area contributed by atoms with Crippen molar-refractivity contribution in [3.63, 3.8) is 0 Å². The predicted molar refractivity (Wildman–Crippen MR) is 45.5 cm³/mol. The molecule has 0 heterocycles. The molecule has 0 aliphatic heterocycles. The van der Waals surface area contributed by atoms with Crippen LogP contribution in [-0.4, -0.2) is 22.7 Å². The molecule has 0 aromatic heterocycles. The number of carbonyl (C=O) groups excluding carboxylic acids is 1. The summed E-state index contributed by atoms with van der Waals surface area (Å²) >= 11 is 2.00. The molecular weight excluding hydrogens is 225 g/mol. The summed E-state index contributed by atoms with van der Waals surface area (Å²) in [4.78, 5) is 20.6. The van der Waals surface area contributed by atoms with E-state index in [4.69, 9.17) is 6.92 Å². The maximum absolute atomic E-state index is 11.0. The van der Waals surface area contributed by atoms with Crippen LogP contribution in [0.3, 0.4) is 0 Å². The Morgan fingerprint density at radius 2 is 2.21 bits per heavy atom. The van der Waals surface area contributed by atoms with Gasteiger partial charge in [-0.3, -0.25) is 0 Å². The second-order valence-corrected chi connectivity index (χ2v) is 2.47. The van der Waals surface area contributed by atoms with E-state index in [1.165, 1.54) is 11.8 Å². The molecule has 0 rings (SSSR count). The van der Waals surface area contributed by atoms with E-state index < -0.39 is 10.9 Å². The molecule has 0 atom stereocenters. The van der Waals surface area contributed by atoms with Gasteiger partial charge in [0.2, 0.25) is 0 Å². The molecule has 5 nitrogen and oxygen atoms in total. The van der Waals surface area contributed by atoms with Crippen LogP contribution in [0.15, 0.2) is 23.4 Å². The van der Waals surface area contributed by atoms with Gasteiger partial charge in [0.15, 0.2) is 0 Å². The van der Waals surface area contributed by atoms with Crippen LogP contribution in [0.2, 0.25) is 0 Å². The number of esters is 1. The average Bonchev–Trinajstić information content (AvgIpc) is 2.18. The quantitative estimate of drug-likeness (QED) is 0.230. The Morgan fingerprint density at radius 1 is 1.64 bits per heavy atom. The summed E-state index contributed by atoms with van der Waals surface area (Å²) in [6.45, 7) is 5.00. The molecule has 0 spiro atoms. The topological polar surface area (TPSA) is 69.4 Å². The van der Waals surface area contributed by atoms with Crippen molar-refractivity contribution in [1.82, 2.24) is 0 Å². The van der Waals surface area contributed by atoms with Gasteiger partial charge in [-0.15, -0.1) is 0 Å². The number of methoxy groups -OCH3 is 1. The summed E-state index contributed by atoms with van der Waals surface area (Å²) < 4.78 is 5.73. The number of allylic oxidation sites excluding steroid dienone is 2. The van der Waals surface area contributed by atoms with Gasteiger partial charge in [-0.2, -0.15) is 0 Å². The summed E-state index contributed by atoms with van der Waals surface area (Å²) in [5, 5.41) is 10.3. The van der Waals surface area contributed by atoms with E-state index in [0.29, 0.717) is 0 Å². The van der Waals surface area contributed by atoms with Crippen LogP contribution in [0.5, 0.6) is 0 Å². The third kappa shape index (κ3) is 3.68. The van der Waals surface area contributed by atoms with Gasteiger partial charge in [0.25, 0.3) is 0 Å². The summed E-state index contributed by atoms with van der Waals surface area (Å²) in [7, 11) is 1.19. The molecule has 0 saturated carbocycles. The number of hydrogen-bond acceptors (Lipinski definition) is 4. The first-order chi connectivity index (χ1) is 6.56. The Hall–Kier alpha value is -1.20. The van der Waals surface area contributed by atoms with Crippen LogP contribution in [0.4, 0.5) is 0 Å². The van der Waals surface area contributed by atoms with Gasteiger partial charge >= 0.3 is 89.7 Å². The molecule has 0 saturated heterocycles. The summed E-state index contributed by atoms with van der Waals surface area (Å²) in [5.41, 5.74) is -0.311. The van der Waals surface area contributed by atoms with Gasteiger partial charge in [0.05, 0.1) is 0 Å². The monoisotopic (exact) mass is 232 g/mol. The average molecular weight is 232 g/mol. The zero-order valence-corrected chi connectivity index (χ0v) is 8.73. The van der Waals surface area contributed by atoms with E-state index >= 15 is 0 Å². The molecule has 0 aromatic carbocycles. The first-order valence-electron chi connectivity index (χ1n) is 3.40. The number of nitrogens with zero attached hydrogens (tertiary/aromatic N) is 1. The molecule has 14 heavy (non-hydrogen) atoms. The number of hydrogen-bond donors (Lipinski definition) is 0. The second kappa shape index (κ2) is 6.29. The number of rotatable bonds is 4. The first-order valence-corrected chi connectivity index (χ1v) is 4.21. The van der Waals surface area contributed by atoms with Crippen molar-refractivity contribution in [1.29, 1.82) is 0 Å². The molecular formula is C8H7NO4V. The summed E-state index contributed by atoms with van der Waals surface area (Å²) in [6.07, 6.45) is 1.84. The van der Waals surface area contributed by atoms with Crippen LogP contribution in [0.25, 0.3) is 0 Å². The Balaban J connectivity index is 5.01. The Morgan fingerprint density at radius 3 is 2.50 bits per heavy atom. The van der Waals surface area contributed by atoms with Gasteiger partial charge in [-0.25, -0.2) is 0 Å². The van der Waals surface area contributed by atoms with Gasteiger partial charge in [0, 0.05) is 0 Å². The van der Waals surface area contributed by atoms with E-state index in [-0.39, 0.29) is 11.3 Å². The molecule has 73 valence electrons. The zero-order chi connectivity index (χ0) is 11.1. The van der Waals surface area contributed by atoms with Crippen molar-refractivity contribution in [3.05, 3.63) is 40.5 Å². The van der Waals surface area contributed by atoms with Crippen LogP contribution in [0, 0.1) is 17.0 Å². The molecule has 6 heteroatoms. The molecule has 0 bridgehead atoms. The molecule has 0 fully saturated rings. The van der Waals surface area contributed by atoms with E-state index in [1.807, 2.05) is 17.0 Å². The minimum atomic E-state index is -0.695. The predicted octanol–water partition coefficient (Wildman–Crippen LogP) is 0.306. The van der Waals surface area contributed by atoms with E-state index in [0.717, 1.165) is 12.2 Å². The second-order valence-electron chi connectivity index (χ2n) is 2.07. The van der Waals surface area contributed by atoms with Crippen LogP contribution in [0.1, 0.15) is 0 Å². The Labute approximate surface area is 90.1 Å². The molecule has 0 amide bonds. The number of nitro groups is 1. The summed E-state index contributed by atoms with van der Waals surface area (Å²) in [6, 6.07) is 0. The van der Waals surface area contributed by atoms with Gasteiger partial charge in [0.1, 0.15) is 0 Å². The van der Waals surface area contributed by atoms with E-state index in [1.54, 1.807) is 0 Å². The normalized spacial score (nSPS) is 12.1. The Bertz CT molecular complexity index is 319. The molecule has 0 aromatic rings. The maximum atomic E-state index is 11.0. The van der Waals surface area contributed by atoms with Crippen molar-refractivity contribution in [2.24, 2.45) is 0 Å². The number of ether oxygens (including phenoxy) is 1. The Kier molecular flexibility index (Phi) is 5.75. The zero-order valence-electron chi connectivity index (χ0n) is 7.34. The van der Waals surface area contributed by atoms with Gasteiger partial charge in [-0.05, 0) is 0 Å². The fourth-order valence-electron chi connectivity index (χ4n) is 0.588. The van der Waals surface area contributed by atoms with Crippen LogP contribution >= 0.6 is 0 Å². The minimum absolute atomic E-state index is 0.0564. The van der Waals surface area contributed by atoms with E-state index in [2.05, 4.69) is 4.74 Å². The van der Waals surface area contributed by atoms with Crippen molar-refractivity contribution in [2.75, 3.05) is 7.11 Å². The van der Waals surface area contributed by atoms with Crippen LogP contribution in [-0.2, 0) is 26.5 Å². The molecule has 0 unspecified atom stereocenters. The fraction of sp³-hybridized carbons (Fsp3) is 0.125. The SMILES string of the molecule is [CH]C=C(/C=C(\[CH]=[V])C(=O)OC)[N+](=O)[O-]. The molecule has 2 radical (unpaired) electrons. The van der Waals surface area contributed by atoms with Crippen molar-refractivity contribution < 1.29 is 31.4 Å². The van der Waals surface area contributed by atoms with E-state index in [9.17, 15) is 14.9 Å². The van der Waals surface area contributed by atoms with Crippen LogP contribution < -0.4 is 0 Å². The third-order valence-corrected chi connectivity index (χ3v) is 1.68. The van der Waals surface area contributed by atoms with Gasteiger partial charge < -0.3 is 0 Å². The van der Waals surface area contributed by atoms with Crippen molar-refractivity contribution in [3.8, 4) is 0 Å². The molecule has 0 aliphatic carbocycles. The molecule has 0 N–H and O–H groups in total. The summed E-state index contributed by atoms with van der Waals surface area (Å²) in [5.74, 6) is -0.660. The third-order valence-electron chi connectivity index (χ3n) is 1.25. The first kappa shape index (κ1) is 12.8.